The van der Waals surface area contributed by atoms with Crippen LogP contribution in [-0.2, 0) is 26.1 Å². The predicted octanol–water partition coefficient (Wildman–Crippen LogP) is 2.81. The molecule has 156 valence electrons. The number of hydrogen-bond acceptors (Lipinski definition) is 5. The number of ether oxygens (including phenoxy) is 1. The number of rotatable bonds is 7. The molecule has 0 spiro atoms. The van der Waals surface area contributed by atoms with E-state index in [1.807, 2.05) is 38.1 Å². The SMILES string of the molecule is Cc1ccc(SC(C)C(=O)NCc2ccccc2S(=O)(=O)N2CCOCC2)cc1. The number of nitrogens with zero attached hydrogens (tertiary/aromatic N) is 1. The molecule has 0 saturated carbocycles. The number of thioether (sulfide) groups is 1. The Morgan fingerprint density at radius 1 is 1.14 bits per heavy atom. The molecule has 29 heavy (non-hydrogen) atoms. The number of carbonyl (C=O) groups is 1. The first-order chi connectivity index (χ1) is 13.9. The molecule has 2 aromatic carbocycles. The maximum atomic E-state index is 13.0. The fourth-order valence-corrected chi connectivity index (χ4v) is 5.55. The molecule has 1 heterocycles. The Morgan fingerprint density at radius 3 is 2.48 bits per heavy atom. The van der Waals surface area contributed by atoms with Crippen molar-refractivity contribution in [2.24, 2.45) is 0 Å². The number of benzene rings is 2. The summed E-state index contributed by atoms with van der Waals surface area (Å²) in [6.07, 6.45) is 0. The summed E-state index contributed by atoms with van der Waals surface area (Å²) in [5, 5.41) is 2.59. The van der Waals surface area contributed by atoms with Gasteiger partial charge in [-0.15, -0.1) is 11.8 Å². The molecule has 1 amide bonds. The molecule has 1 aliphatic heterocycles. The third-order valence-corrected chi connectivity index (χ3v) is 7.83. The van der Waals surface area contributed by atoms with Gasteiger partial charge in [-0.1, -0.05) is 35.9 Å². The van der Waals surface area contributed by atoms with Crippen molar-refractivity contribution in [1.82, 2.24) is 9.62 Å². The van der Waals surface area contributed by atoms with E-state index < -0.39 is 10.0 Å². The molecule has 1 fully saturated rings. The van der Waals surface area contributed by atoms with Crippen LogP contribution in [0.1, 0.15) is 18.1 Å². The highest BCUT2D eigenvalue weighted by Crippen LogP contribution is 2.24. The van der Waals surface area contributed by atoms with Crippen LogP contribution in [0.4, 0.5) is 0 Å². The van der Waals surface area contributed by atoms with Crippen LogP contribution in [0.3, 0.4) is 0 Å². The van der Waals surface area contributed by atoms with Crippen molar-refractivity contribution in [3.05, 3.63) is 59.7 Å². The van der Waals surface area contributed by atoms with Gasteiger partial charge in [-0.2, -0.15) is 4.31 Å². The maximum absolute atomic E-state index is 13.0. The van der Waals surface area contributed by atoms with Crippen LogP contribution in [0.15, 0.2) is 58.3 Å². The highest BCUT2D eigenvalue weighted by molar-refractivity contribution is 8.00. The molecule has 1 atom stereocenters. The molecule has 1 unspecified atom stereocenters. The minimum atomic E-state index is -3.62. The van der Waals surface area contributed by atoms with E-state index >= 15 is 0 Å². The molecule has 1 N–H and O–H groups in total. The molecular weight excluding hydrogens is 408 g/mol. The third-order valence-electron chi connectivity index (χ3n) is 4.72. The molecule has 3 rings (SSSR count). The molecule has 6 nitrogen and oxygen atoms in total. The molecule has 8 heteroatoms. The fourth-order valence-electron chi connectivity index (χ4n) is 3.03. The quantitative estimate of drug-likeness (QED) is 0.678. The molecule has 1 aliphatic rings. The van der Waals surface area contributed by atoms with Crippen molar-refractivity contribution in [1.29, 1.82) is 0 Å². The Labute approximate surface area is 176 Å². The molecule has 0 bridgehead atoms. The van der Waals surface area contributed by atoms with Crippen molar-refractivity contribution in [2.45, 2.75) is 35.4 Å². The summed E-state index contributed by atoms with van der Waals surface area (Å²) in [7, 11) is -3.62. The van der Waals surface area contributed by atoms with E-state index in [1.165, 1.54) is 21.6 Å². The van der Waals surface area contributed by atoms with Gasteiger partial charge >= 0.3 is 0 Å². The van der Waals surface area contributed by atoms with E-state index in [9.17, 15) is 13.2 Å². The number of carbonyl (C=O) groups excluding carboxylic acids is 1. The lowest BCUT2D eigenvalue weighted by molar-refractivity contribution is -0.120. The van der Waals surface area contributed by atoms with Gasteiger partial charge in [-0.25, -0.2) is 8.42 Å². The highest BCUT2D eigenvalue weighted by atomic mass is 32.2. The van der Waals surface area contributed by atoms with Gasteiger partial charge in [0.1, 0.15) is 0 Å². The Kier molecular flexibility index (Phi) is 7.34. The summed E-state index contributed by atoms with van der Waals surface area (Å²) in [4.78, 5) is 13.8. The minimum Gasteiger partial charge on any atom is -0.379 e. The lowest BCUT2D eigenvalue weighted by atomic mass is 10.2. The minimum absolute atomic E-state index is 0.130. The van der Waals surface area contributed by atoms with Crippen LogP contribution in [0.25, 0.3) is 0 Å². The van der Waals surface area contributed by atoms with Crippen LogP contribution >= 0.6 is 11.8 Å². The normalized spacial score (nSPS) is 16.3. The second-order valence-corrected chi connectivity index (χ2v) is 10.2. The summed E-state index contributed by atoms with van der Waals surface area (Å²) < 4.78 is 32.7. The number of morpholine rings is 1. The van der Waals surface area contributed by atoms with Gasteiger partial charge < -0.3 is 10.1 Å². The smallest absolute Gasteiger partial charge is 0.243 e. The second kappa shape index (κ2) is 9.75. The molecular formula is C21H26N2O4S2. The van der Waals surface area contributed by atoms with E-state index in [2.05, 4.69) is 5.32 Å². The zero-order chi connectivity index (χ0) is 20.9. The van der Waals surface area contributed by atoms with Gasteiger partial charge in [0.25, 0.3) is 0 Å². The summed E-state index contributed by atoms with van der Waals surface area (Å²) in [5.74, 6) is -0.130. The van der Waals surface area contributed by atoms with Crippen LogP contribution in [0, 0.1) is 6.92 Å². The zero-order valence-electron chi connectivity index (χ0n) is 16.6. The van der Waals surface area contributed by atoms with Crippen molar-refractivity contribution in [2.75, 3.05) is 26.3 Å². The number of amides is 1. The first kappa shape index (κ1) is 21.8. The monoisotopic (exact) mass is 434 g/mol. The van der Waals surface area contributed by atoms with E-state index in [4.69, 9.17) is 4.74 Å². The standard InChI is InChI=1S/C21H26N2O4S2/c1-16-7-9-19(10-8-16)28-17(2)21(24)22-15-18-5-3-4-6-20(18)29(25,26)23-11-13-27-14-12-23/h3-10,17H,11-15H2,1-2H3,(H,22,24). The maximum Gasteiger partial charge on any atom is 0.243 e. The Bertz CT molecular complexity index is 939. The Hall–Kier alpha value is -1.87. The molecule has 2 aromatic rings. The third kappa shape index (κ3) is 5.60. The summed E-state index contributed by atoms with van der Waals surface area (Å²) >= 11 is 1.48. The van der Waals surface area contributed by atoms with Crippen LogP contribution in [-0.4, -0.2) is 50.2 Å². The van der Waals surface area contributed by atoms with Gasteiger partial charge in [-0.05, 0) is 37.6 Å². The summed E-state index contributed by atoms with van der Waals surface area (Å²) in [6, 6.07) is 14.8. The first-order valence-electron chi connectivity index (χ1n) is 9.55. The Balaban J connectivity index is 1.66. The van der Waals surface area contributed by atoms with Gasteiger partial charge in [-0.3, -0.25) is 4.79 Å². The van der Waals surface area contributed by atoms with E-state index in [0.29, 0.717) is 31.9 Å². The second-order valence-electron chi connectivity index (χ2n) is 6.92. The predicted molar refractivity (Wildman–Crippen MR) is 114 cm³/mol. The van der Waals surface area contributed by atoms with Gasteiger partial charge in [0.05, 0.1) is 23.4 Å². The highest BCUT2D eigenvalue weighted by Gasteiger charge is 2.28. The van der Waals surface area contributed by atoms with E-state index in [0.717, 1.165) is 4.90 Å². The van der Waals surface area contributed by atoms with Crippen molar-refractivity contribution >= 4 is 27.7 Å². The van der Waals surface area contributed by atoms with Crippen LogP contribution in [0.2, 0.25) is 0 Å². The first-order valence-corrected chi connectivity index (χ1v) is 11.9. The molecule has 0 aliphatic carbocycles. The zero-order valence-corrected chi connectivity index (χ0v) is 18.3. The number of nitrogens with one attached hydrogen (secondary N) is 1. The van der Waals surface area contributed by atoms with Crippen LogP contribution in [0.5, 0.6) is 0 Å². The van der Waals surface area contributed by atoms with Crippen molar-refractivity contribution in [3.63, 3.8) is 0 Å². The fraction of sp³-hybridized carbons (Fsp3) is 0.381. The van der Waals surface area contributed by atoms with E-state index in [-0.39, 0.29) is 22.6 Å². The average molecular weight is 435 g/mol. The lowest BCUT2D eigenvalue weighted by Crippen LogP contribution is -2.41. The number of aryl methyl sites for hydroxylation is 1. The number of hydrogen-bond donors (Lipinski definition) is 1. The average Bonchev–Trinajstić information content (AvgIpc) is 2.74. The number of sulfonamides is 1. The lowest BCUT2D eigenvalue weighted by Gasteiger charge is -2.27. The van der Waals surface area contributed by atoms with Crippen molar-refractivity contribution < 1.29 is 17.9 Å². The van der Waals surface area contributed by atoms with E-state index in [1.54, 1.807) is 24.3 Å². The molecule has 0 radical (unpaired) electrons. The Morgan fingerprint density at radius 2 is 1.79 bits per heavy atom. The summed E-state index contributed by atoms with van der Waals surface area (Å²) in [6.45, 7) is 5.50. The topological polar surface area (TPSA) is 75.7 Å². The van der Waals surface area contributed by atoms with Gasteiger partial charge in [0, 0.05) is 24.5 Å². The van der Waals surface area contributed by atoms with Crippen LogP contribution < -0.4 is 5.32 Å². The largest absolute Gasteiger partial charge is 0.379 e. The molecule has 0 aromatic heterocycles. The van der Waals surface area contributed by atoms with Gasteiger partial charge in [0.2, 0.25) is 15.9 Å². The van der Waals surface area contributed by atoms with Crippen molar-refractivity contribution in [3.8, 4) is 0 Å². The summed E-state index contributed by atoms with van der Waals surface area (Å²) in [5.41, 5.74) is 1.75. The molecule has 1 saturated heterocycles. The van der Waals surface area contributed by atoms with Gasteiger partial charge in [0.15, 0.2) is 0 Å².